The normalized spacial score (nSPS) is 18.3. The highest BCUT2D eigenvalue weighted by Gasteiger charge is 2.23. The zero-order valence-corrected chi connectivity index (χ0v) is 17.0. The monoisotopic (exact) mass is 449 g/mol. The van der Waals surface area contributed by atoms with E-state index >= 15 is 0 Å². The molecule has 2 N–H and O–H groups in total. The Morgan fingerprint density at radius 1 is 1.46 bits per heavy atom. The summed E-state index contributed by atoms with van der Waals surface area (Å²) in [5.41, 5.74) is 0. The molecule has 1 amide bonds. The predicted octanol–water partition coefficient (Wildman–Crippen LogP) is 0.634. The first-order valence-electron chi connectivity index (χ1n) is 8.29. The van der Waals surface area contributed by atoms with Crippen LogP contribution in [0.3, 0.4) is 0 Å². The van der Waals surface area contributed by atoms with E-state index in [0.717, 1.165) is 37.7 Å². The zero-order valence-electron chi connectivity index (χ0n) is 14.7. The Balaban J connectivity index is 0.00000288. The van der Waals surface area contributed by atoms with Crippen molar-refractivity contribution in [2.24, 2.45) is 4.99 Å². The number of aliphatic imine (C=N–C) groups is 1. The molecule has 136 valence electrons. The van der Waals surface area contributed by atoms with Crippen LogP contribution >= 0.6 is 24.0 Å². The van der Waals surface area contributed by atoms with Gasteiger partial charge in [-0.2, -0.15) is 0 Å². The fraction of sp³-hybridized carbons (Fsp3) is 0.733. The minimum atomic E-state index is 0. The molecule has 2 heterocycles. The fourth-order valence-electron chi connectivity index (χ4n) is 2.65. The number of halogens is 1. The molecule has 1 unspecified atom stereocenters. The van der Waals surface area contributed by atoms with Crippen LogP contribution < -0.4 is 10.6 Å². The molecule has 2 rings (SSSR count). The van der Waals surface area contributed by atoms with Gasteiger partial charge in [-0.3, -0.25) is 9.79 Å². The van der Waals surface area contributed by atoms with Crippen LogP contribution in [-0.2, 0) is 17.8 Å². The van der Waals surface area contributed by atoms with Crippen LogP contribution in [0, 0.1) is 0 Å². The first kappa shape index (κ1) is 20.7. The Kier molecular flexibility index (Phi) is 9.01. The van der Waals surface area contributed by atoms with Gasteiger partial charge in [-0.1, -0.05) is 6.92 Å². The molecule has 0 radical (unpaired) electrons. The maximum atomic E-state index is 11.6. The van der Waals surface area contributed by atoms with Crippen molar-refractivity contribution in [3.8, 4) is 0 Å². The lowest BCUT2D eigenvalue weighted by Crippen LogP contribution is -2.51. The van der Waals surface area contributed by atoms with Gasteiger partial charge in [0.15, 0.2) is 5.96 Å². The van der Waals surface area contributed by atoms with E-state index in [9.17, 15) is 4.79 Å². The van der Waals surface area contributed by atoms with Crippen LogP contribution in [0.5, 0.6) is 0 Å². The van der Waals surface area contributed by atoms with E-state index in [1.165, 1.54) is 0 Å². The van der Waals surface area contributed by atoms with Crippen LogP contribution in [0.15, 0.2) is 11.3 Å². The molecule has 24 heavy (non-hydrogen) atoms. The third kappa shape index (κ3) is 5.91. The number of likely N-dealkylation sites (tertiary alicyclic amines) is 1. The van der Waals surface area contributed by atoms with Crippen molar-refractivity contribution >= 4 is 35.8 Å². The minimum absolute atomic E-state index is 0. The van der Waals surface area contributed by atoms with E-state index in [2.05, 4.69) is 32.7 Å². The third-order valence-corrected chi connectivity index (χ3v) is 3.93. The Hall–Kier alpha value is -1.39. The Morgan fingerprint density at radius 3 is 2.92 bits per heavy atom. The van der Waals surface area contributed by atoms with Gasteiger partial charge in [0.2, 0.25) is 5.91 Å². The minimum Gasteiger partial charge on any atom is -0.357 e. The molecule has 8 nitrogen and oxygen atoms in total. The van der Waals surface area contributed by atoms with Crippen molar-refractivity contribution in [3.05, 3.63) is 12.2 Å². The number of carbonyl (C=O) groups excluding carboxylic acids is 1. The van der Waals surface area contributed by atoms with Gasteiger partial charge in [0.25, 0.3) is 0 Å². The molecule has 1 aliphatic heterocycles. The summed E-state index contributed by atoms with van der Waals surface area (Å²) in [7, 11) is 1.85. The second kappa shape index (κ2) is 10.5. The number of rotatable bonds is 6. The first-order chi connectivity index (χ1) is 11.1. The quantitative estimate of drug-likeness (QED) is 0.378. The van der Waals surface area contributed by atoms with Gasteiger partial charge in [0, 0.05) is 45.6 Å². The van der Waals surface area contributed by atoms with Crippen LogP contribution in [0.25, 0.3) is 0 Å². The van der Waals surface area contributed by atoms with Gasteiger partial charge in [0.05, 0.1) is 6.54 Å². The maximum Gasteiger partial charge on any atom is 0.222 e. The molecule has 0 saturated carbocycles. The van der Waals surface area contributed by atoms with Gasteiger partial charge < -0.3 is 20.1 Å². The lowest BCUT2D eigenvalue weighted by molar-refractivity contribution is -0.132. The standard InChI is InChI=1S/C15H27N7O.HI/c1-4-13-20-18-11-22(13)9-8-17-15(16-5-2)19-12-6-7-14(23)21(3)10-12;/h11-12H,4-10H2,1-3H3,(H2,16,17,19);1H. The van der Waals surface area contributed by atoms with Crippen molar-refractivity contribution in [1.82, 2.24) is 30.3 Å². The van der Waals surface area contributed by atoms with Crippen molar-refractivity contribution < 1.29 is 4.79 Å². The molecular weight excluding hydrogens is 421 g/mol. The number of aromatic nitrogens is 3. The number of nitrogens with zero attached hydrogens (tertiary/aromatic N) is 5. The molecule has 1 aromatic rings. The smallest absolute Gasteiger partial charge is 0.222 e. The molecular formula is C15H28IN7O. The summed E-state index contributed by atoms with van der Waals surface area (Å²) in [4.78, 5) is 17.9. The predicted molar refractivity (Wildman–Crippen MR) is 105 cm³/mol. The summed E-state index contributed by atoms with van der Waals surface area (Å²) < 4.78 is 2.03. The number of amides is 1. The van der Waals surface area contributed by atoms with Crippen molar-refractivity contribution in [3.63, 3.8) is 0 Å². The number of likely N-dealkylation sites (N-methyl/N-ethyl adjacent to an activating group) is 1. The zero-order chi connectivity index (χ0) is 16.7. The van der Waals surface area contributed by atoms with Crippen molar-refractivity contribution in [2.75, 3.05) is 26.7 Å². The molecule has 0 bridgehead atoms. The Labute approximate surface area is 160 Å². The highest BCUT2D eigenvalue weighted by Crippen LogP contribution is 2.09. The lowest BCUT2D eigenvalue weighted by atomic mass is 10.1. The average molecular weight is 449 g/mol. The van der Waals surface area contributed by atoms with Gasteiger partial charge in [-0.15, -0.1) is 34.2 Å². The molecule has 0 aliphatic carbocycles. The van der Waals surface area contributed by atoms with E-state index < -0.39 is 0 Å². The van der Waals surface area contributed by atoms with E-state index in [4.69, 9.17) is 0 Å². The first-order valence-corrected chi connectivity index (χ1v) is 8.29. The summed E-state index contributed by atoms with van der Waals surface area (Å²) in [5, 5.41) is 14.7. The number of carbonyl (C=O) groups is 1. The number of hydrogen-bond donors (Lipinski definition) is 2. The molecule has 0 aromatic carbocycles. The molecule has 0 spiro atoms. The maximum absolute atomic E-state index is 11.6. The highest BCUT2D eigenvalue weighted by molar-refractivity contribution is 14.0. The number of nitrogens with one attached hydrogen (secondary N) is 2. The molecule has 1 fully saturated rings. The number of aryl methyl sites for hydroxylation is 1. The van der Waals surface area contributed by atoms with Gasteiger partial charge >= 0.3 is 0 Å². The van der Waals surface area contributed by atoms with E-state index in [1.807, 2.05) is 18.5 Å². The largest absolute Gasteiger partial charge is 0.357 e. The molecule has 1 atom stereocenters. The van der Waals surface area contributed by atoms with Crippen LogP contribution in [0.1, 0.15) is 32.5 Å². The second-order valence-electron chi connectivity index (χ2n) is 5.71. The summed E-state index contributed by atoms with van der Waals surface area (Å²) in [6.07, 6.45) is 4.05. The molecule has 1 aliphatic rings. The van der Waals surface area contributed by atoms with Crippen LogP contribution in [0.2, 0.25) is 0 Å². The Morgan fingerprint density at radius 2 is 2.25 bits per heavy atom. The topological polar surface area (TPSA) is 87.4 Å². The van der Waals surface area contributed by atoms with Crippen LogP contribution in [0.4, 0.5) is 0 Å². The van der Waals surface area contributed by atoms with E-state index in [-0.39, 0.29) is 35.9 Å². The van der Waals surface area contributed by atoms with Gasteiger partial charge in [-0.05, 0) is 13.3 Å². The van der Waals surface area contributed by atoms with E-state index in [1.54, 1.807) is 11.2 Å². The summed E-state index contributed by atoms with van der Waals surface area (Å²) in [6.45, 7) is 7.05. The van der Waals surface area contributed by atoms with Crippen molar-refractivity contribution in [2.45, 2.75) is 45.7 Å². The molecule has 1 aromatic heterocycles. The van der Waals surface area contributed by atoms with E-state index in [0.29, 0.717) is 19.5 Å². The van der Waals surface area contributed by atoms with Gasteiger partial charge in [-0.25, -0.2) is 0 Å². The highest BCUT2D eigenvalue weighted by atomic mass is 127. The van der Waals surface area contributed by atoms with Crippen molar-refractivity contribution in [1.29, 1.82) is 0 Å². The SMILES string of the molecule is CCNC(=NCCn1cnnc1CC)NC1CCC(=O)N(C)C1.I. The average Bonchev–Trinajstić information content (AvgIpc) is 2.98. The summed E-state index contributed by atoms with van der Waals surface area (Å²) in [6, 6.07) is 0.247. The number of hydrogen-bond acceptors (Lipinski definition) is 4. The summed E-state index contributed by atoms with van der Waals surface area (Å²) >= 11 is 0. The molecule has 1 saturated heterocycles. The summed E-state index contributed by atoms with van der Waals surface area (Å²) in [5.74, 6) is 1.99. The van der Waals surface area contributed by atoms with Gasteiger partial charge in [0.1, 0.15) is 12.2 Å². The Bertz CT molecular complexity index is 546. The lowest BCUT2D eigenvalue weighted by Gasteiger charge is -2.31. The molecule has 9 heteroatoms. The fourth-order valence-corrected chi connectivity index (χ4v) is 2.65. The van der Waals surface area contributed by atoms with Crippen LogP contribution in [-0.4, -0.2) is 64.3 Å². The second-order valence-corrected chi connectivity index (χ2v) is 5.71. The number of guanidine groups is 1. The number of piperidine rings is 1. The third-order valence-electron chi connectivity index (χ3n) is 3.93.